The second-order valence-electron chi connectivity index (χ2n) is 9.60. The lowest BCUT2D eigenvalue weighted by molar-refractivity contribution is -0.136. The van der Waals surface area contributed by atoms with Crippen LogP contribution in [0.15, 0.2) is 42.5 Å². The molecule has 2 aromatic rings. The summed E-state index contributed by atoms with van der Waals surface area (Å²) < 4.78 is 21.4. The first-order chi connectivity index (χ1) is 14.7. The van der Waals surface area contributed by atoms with Gasteiger partial charge in [-0.1, -0.05) is 51.1 Å². The predicted molar refractivity (Wildman–Crippen MR) is 122 cm³/mol. The van der Waals surface area contributed by atoms with Gasteiger partial charge in [0.2, 0.25) is 0 Å². The summed E-state index contributed by atoms with van der Waals surface area (Å²) in [6, 6.07) is 13.0. The molecular formula is C26H34FNO3. The van der Waals surface area contributed by atoms with E-state index >= 15 is 4.39 Å². The number of rotatable bonds is 8. The summed E-state index contributed by atoms with van der Waals surface area (Å²) in [5.74, 6) is -0.138. The first-order valence-corrected chi connectivity index (χ1v) is 11.2. The van der Waals surface area contributed by atoms with E-state index in [-0.39, 0.29) is 18.3 Å². The number of halogens is 1. The van der Waals surface area contributed by atoms with Crippen LogP contribution in [0.2, 0.25) is 0 Å². The van der Waals surface area contributed by atoms with Crippen molar-refractivity contribution in [2.24, 2.45) is 11.3 Å². The quantitative estimate of drug-likeness (QED) is 0.504. The van der Waals surface area contributed by atoms with E-state index in [4.69, 9.17) is 9.84 Å². The van der Waals surface area contributed by atoms with Crippen molar-refractivity contribution in [3.63, 3.8) is 0 Å². The molecule has 0 amide bonds. The smallest absolute Gasteiger partial charge is 0.304 e. The highest BCUT2D eigenvalue weighted by atomic mass is 19.1. The van der Waals surface area contributed by atoms with E-state index in [1.807, 2.05) is 30.3 Å². The standard InChI is InChI=1S/C26H34FNO3/c1-26(2,3)20-10-12-21(13-11-20)31-23-9-5-8-22(25(23)27)19-7-4-6-18(16-19)17-28-15-14-24(29)30/h4-9,16,20-21,28H,10-15,17H2,1-3H3,(H,29,30). The van der Waals surface area contributed by atoms with E-state index in [0.717, 1.165) is 36.8 Å². The molecule has 0 atom stereocenters. The predicted octanol–water partition coefficient (Wildman–Crippen LogP) is 6.04. The highest BCUT2D eigenvalue weighted by Gasteiger charge is 2.30. The average molecular weight is 428 g/mol. The number of benzene rings is 2. The number of hydrogen-bond acceptors (Lipinski definition) is 3. The van der Waals surface area contributed by atoms with Gasteiger partial charge in [-0.05, 0) is 60.3 Å². The third kappa shape index (κ3) is 6.54. The van der Waals surface area contributed by atoms with E-state index in [2.05, 4.69) is 26.1 Å². The van der Waals surface area contributed by atoms with Crippen molar-refractivity contribution >= 4 is 5.97 Å². The lowest BCUT2D eigenvalue weighted by atomic mass is 9.72. The summed E-state index contributed by atoms with van der Waals surface area (Å²) in [6.45, 7) is 7.80. The van der Waals surface area contributed by atoms with Gasteiger partial charge in [0, 0.05) is 18.7 Å². The van der Waals surface area contributed by atoms with Crippen LogP contribution < -0.4 is 10.1 Å². The Morgan fingerprint density at radius 1 is 1.13 bits per heavy atom. The number of nitrogens with one attached hydrogen (secondary N) is 1. The third-order valence-corrected chi connectivity index (χ3v) is 6.24. The van der Waals surface area contributed by atoms with Gasteiger partial charge in [-0.15, -0.1) is 0 Å². The number of aliphatic carboxylic acids is 1. The van der Waals surface area contributed by atoms with Crippen molar-refractivity contribution in [1.29, 1.82) is 0 Å². The van der Waals surface area contributed by atoms with Crippen molar-refractivity contribution in [2.75, 3.05) is 6.54 Å². The maximum atomic E-state index is 15.3. The Bertz CT molecular complexity index is 882. The van der Waals surface area contributed by atoms with Crippen molar-refractivity contribution in [3.8, 4) is 16.9 Å². The van der Waals surface area contributed by atoms with Crippen LogP contribution >= 0.6 is 0 Å². The van der Waals surface area contributed by atoms with E-state index in [0.29, 0.717) is 35.7 Å². The summed E-state index contributed by atoms with van der Waals surface area (Å²) >= 11 is 0. The Morgan fingerprint density at radius 3 is 2.52 bits per heavy atom. The zero-order valence-electron chi connectivity index (χ0n) is 18.8. The van der Waals surface area contributed by atoms with E-state index < -0.39 is 5.97 Å². The molecule has 1 aliphatic rings. The molecule has 3 rings (SSSR count). The molecule has 168 valence electrons. The second kappa shape index (κ2) is 10.3. The molecule has 0 spiro atoms. The fraction of sp³-hybridized carbons (Fsp3) is 0.500. The Kier molecular flexibility index (Phi) is 7.71. The van der Waals surface area contributed by atoms with Crippen LogP contribution in [0.1, 0.15) is 58.4 Å². The molecule has 0 heterocycles. The summed E-state index contributed by atoms with van der Waals surface area (Å²) in [7, 11) is 0. The van der Waals surface area contributed by atoms with Crippen molar-refractivity contribution in [1.82, 2.24) is 5.32 Å². The van der Waals surface area contributed by atoms with E-state index in [1.165, 1.54) is 0 Å². The summed E-state index contributed by atoms with van der Waals surface area (Å²) in [5, 5.41) is 11.8. The monoisotopic (exact) mass is 427 g/mol. The maximum Gasteiger partial charge on any atom is 0.304 e. The molecular weight excluding hydrogens is 393 g/mol. The molecule has 5 heteroatoms. The topological polar surface area (TPSA) is 58.6 Å². The van der Waals surface area contributed by atoms with Crippen LogP contribution in [-0.4, -0.2) is 23.7 Å². The lowest BCUT2D eigenvalue weighted by Gasteiger charge is -2.37. The van der Waals surface area contributed by atoms with Crippen molar-refractivity contribution < 1.29 is 19.0 Å². The molecule has 0 unspecified atom stereocenters. The molecule has 0 saturated heterocycles. The van der Waals surface area contributed by atoms with Gasteiger partial charge < -0.3 is 15.2 Å². The van der Waals surface area contributed by atoms with Crippen LogP contribution in [0.3, 0.4) is 0 Å². The van der Waals surface area contributed by atoms with Gasteiger partial charge in [0.15, 0.2) is 11.6 Å². The highest BCUT2D eigenvalue weighted by Crippen LogP contribution is 2.39. The number of hydrogen-bond donors (Lipinski definition) is 2. The molecule has 2 N–H and O–H groups in total. The Labute approximate surface area is 184 Å². The third-order valence-electron chi connectivity index (χ3n) is 6.24. The highest BCUT2D eigenvalue weighted by molar-refractivity contribution is 5.67. The molecule has 0 radical (unpaired) electrons. The zero-order chi connectivity index (χ0) is 22.4. The first kappa shape index (κ1) is 23.3. The van der Waals surface area contributed by atoms with Gasteiger partial charge in [0.1, 0.15) is 0 Å². The van der Waals surface area contributed by atoms with Gasteiger partial charge >= 0.3 is 5.97 Å². The molecule has 31 heavy (non-hydrogen) atoms. The number of carbonyl (C=O) groups is 1. The van der Waals surface area contributed by atoms with E-state index in [1.54, 1.807) is 12.1 Å². The molecule has 1 aliphatic carbocycles. The summed E-state index contributed by atoms with van der Waals surface area (Å²) in [4.78, 5) is 10.6. The molecule has 0 aromatic heterocycles. The number of carboxylic acids is 1. The molecule has 1 fully saturated rings. The van der Waals surface area contributed by atoms with Gasteiger partial charge in [0.05, 0.1) is 12.5 Å². The molecule has 0 aliphatic heterocycles. The molecule has 1 saturated carbocycles. The summed E-state index contributed by atoms with van der Waals surface area (Å²) in [5.41, 5.74) is 2.60. The van der Waals surface area contributed by atoms with Crippen LogP contribution in [0, 0.1) is 17.2 Å². The molecule has 2 aromatic carbocycles. The van der Waals surface area contributed by atoms with Gasteiger partial charge in [-0.25, -0.2) is 4.39 Å². The Balaban J connectivity index is 1.66. The minimum atomic E-state index is -0.827. The van der Waals surface area contributed by atoms with Crippen LogP contribution in [-0.2, 0) is 11.3 Å². The first-order valence-electron chi connectivity index (χ1n) is 11.2. The zero-order valence-corrected chi connectivity index (χ0v) is 18.8. The van der Waals surface area contributed by atoms with Crippen LogP contribution in [0.5, 0.6) is 5.75 Å². The van der Waals surface area contributed by atoms with Gasteiger partial charge in [-0.3, -0.25) is 4.79 Å². The summed E-state index contributed by atoms with van der Waals surface area (Å²) in [6.07, 6.45) is 4.30. The van der Waals surface area contributed by atoms with Crippen molar-refractivity contribution in [3.05, 3.63) is 53.8 Å². The van der Waals surface area contributed by atoms with Gasteiger partial charge in [-0.2, -0.15) is 0 Å². The fourth-order valence-electron chi connectivity index (χ4n) is 4.33. The second-order valence-corrected chi connectivity index (χ2v) is 9.60. The SMILES string of the molecule is CC(C)(C)C1CCC(Oc2cccc(-c3cccc(CNCCC(=O)O)c3)c2F)CC1. The number of ether oxygens (including phenoxy) is 1. The van der Waals surface area contributed by atoms with Gasteiger partial charge in [0.25, 0.3) is 0 Å². The van der Waals surface area contributed by atoms with E-state index in [9.17, 15) is 4.79 Å². The minimum absolute atomic E-state index is 0.0631. The number of carboxylic acid groups (broad SMARTS) is 1. The average Bonchev–Trinajstić information content (AvgIpc) is 2.72. The normalized spacial score (nSPS) is 19.2. The molecule has 0 bridgehead atoms. The molecule has 4 nitrogen and oxygen atoms in total. The Morgan fingerprint density at radius 2 is 1.84 bits per heavy atom. The maximum absolute atomic E-state index is 15.3. The van der Waals surface area contributed by atoms with Crippen LogP contribution in [0.4, 0.5) is 4.39 Å². The fourth-order valence-corrected chi connectivity index (χ4v) is 4.33. The largest absolute Gasteiger partial charge is 0.487 e. The Hall–Kier alpha value is -2.40. The lowest BCUT2D eigenvalue weighted by Crippen LogP contribution is -2.30. The van der Waals surface area contributed by atoms with Crippen molar-refractivity contribution in [2.45, 2.75) is 65.5 Å². The minimum Gasteiger partial charge on any atom is -0.487 e. The van der Waals surface area contributed by atoms with Crippen LogP contribution in [0.25, 0.3) is 11.1 Å².